The third-order valence-corrected chi connectivity index (χ3v) is 3.20. The van der Waals surface area contributed by atoms with E-state index < -0.39 is 29.0 Å². The van der Waals surface area contributed by atoms with Crippen LogP contribution in [0.3, 0.4) is 0 Å². The molecule has 0 spiro atoms. The second-order valence-electron chi connectivity index (χ2n) is 6.91. The second-order valence-corrected chi connectivity index (χ2v) is 6.91. The predicted molar refractivity (Wildman–Crippen MR) is 76.7 cm³/mol. The second kappa shape index (κ2) is 6.03. The summed E-state index contributed by atoms with van der Waals surface area (Å²) in [5.41, 5.74) is -1.42. The molecule has 0 radical (unpaired) electrons. The first-order valence-corrected chi connectivity index (χ1v) is 7.17. The zero-order chi connectivity index (χ0) is 16.4. The van der Waals surface area contributed by atoms with Gasteiger partial charge in [-0.25, -0.2) is 4.79 Å². The smallest absolute Gasteiger partial charge is 0.410 e. The number of rotatable bonds is 2. The molecule has 1 rings (SSSR count). The van der Waals surface area contributed by atoms with Crippen molar-refractivity contribution in [2.24, 2.45) is 11.3 Å². The highest BCUT2D eigenvalue weighted by atomic mass is 16.6. The Morgan fingerprint density at radius 1 is 1.33 bits per heavy atom. The Hall–Kier alpha value is -1.59. The van der Waals surface area contributed by atoms with Crippen LogP contribution in [0.1, 0.15) is 41.5 Å². The van der Waals surface area contributed by atoms with Gasteiger partial charge >= 0.3 is 12.1 Å². The van der Waals surface area contributed by atoms with Gasteiger partial charge in [0.25, 0.3) is 0 Å². The van der Waals surface area contributed by atoms with Gasteiger partial charge in [-0.05, 0) is 27.7 Å². The largest absolute Gasteiger partial charge is 0.465 e. The molecule has 1 amide bonds. The van der Waals surface area contributed by atoms with E-state index in [0.717, 1.165) is 0 Å². The number of piperidine rings is 1. The minimum Gasteiger partial charge on any atom is -0.465 e. The van der Waals surface area contributed by atoms with E-state index in [1.807, 2.05) is 0 Å². The average molecular weight is 299 g/mol. The van der Waals surface area contributed by atoms with Crippen LogP contribution >= 0.6 is 0 Å². The summed E-state index contributed by atoms with van der Waals surface area (Å²) >= 11 is 0. The predicted octanol–water partition coefficient (Wildman–Crippen LogP) is 2.01. The van der Waals surface area contributed by atoms with E-state index in [0.29, 0.717) is 0 Å². The molecule has 1 fully saturated rings. The summed E-state index contributed by atoms with van der Waals surface area (Å²) in [5, 5.41) is 0. The van der Waals surface area contributed by atoms with Gasteiger partial charge in [0, 0.05) is 18.5 Å². The topological polar surface area (TPSA) is 72.9 Å². The van der Waals surface area contributed by atoms with Crippen LogP contribution in [0.2, 0.25) is 0 Å². The molecule has 6 nitrogen and oxygen atoms in total. The van der Waals surface area contributed by atoms with Crippen LogP contribution in [0.5, 0.6) is 0 Å². The van der Waals surface area contributed by atoms with Crippen LogP contribution < -0.4 is 0 Å². The van der Waals surface area contributed by atoms with Crippen LogP contribution in [0.4, 0.5) is 4.79 Å². The Kier molecular flexibility index (Phi) is 5.02. The number of carbonyl (C=O) groups is 3. The van der Waals surface area contributed by atoms with Crippen molar-refractivity contribution < 1.29 is 23.9 Å². The number of ether oxygens (including phenoxy) is 2. The van der Waals surface area contributed by atoms with Gasteiger partial charge in [-0.1, -0.05) is 13.8 Å². The zero-order valence-electron chi connectivity index (χ0n) is 13.7. The normalized spacial score (nSPS) is 21.9. The average Bonchev–Trinajstić information content (AvgIpc) is 2.30. The van der Waals surface area contributed by atoms with Crippen molar-refractivity contribution in [1.82, 2.24) is 4.90 Å². The number of amides is 1. The first kappa shape index (κ1) is 17.5. The summed E-state index contributed by atoms with van der Waals surface area (Å²) in [6.45, 7) is 10.9. The van der Waals surface area contributed by atoms with Crippen molar-refractivity contribution in [3.05, 3.63) is 0 Å². The minimum absolute atomic E-state index is 0.00993. The van der Waals surface area contributed by atoms with E-state index in [-0.39, 0.29) is 25.5 Å². The molecule has 120 valence electrons. The van der Waals surface area contributed by atoms with Crippen molar-refractivity contribution in [1.29, 1.82) is 0 Å². The molecule has 0 unspecified atom stereocenters. The Bertz CT molecular complexity index is 436. The Morgan fingerprint density at radius 2 is 1.90 bits per heavy atom. The highest BCUT2D eigenvalue weighted by Crippen LogP contribution is 2.30. The maximum absolute atomic E-state index is 12.3. The molecular weight excluding hydrogens is 274 g/mol. The van der Waals surface area contributed by atoms with Gasteiger partial charge in [0.2, 0.25) is 0 Å². The molecule has 0 aliphatic carbocycles. The van der Waals surface area contributed by atoms with Gasteiger partial charge < -0.3 is 14.4 Å². The molecule has 0 aromatic heterocycles. The molecular formula is C15H25NO5. The molecule has 0 N–H and O–H groups in total. The maximum Gasteiger partial charge on any atom is 0.410 e. The summed E-state index contributed by atoms with van der Waals surface area (Å²) in [5.74, 6) is -1.72. The maximum atomic E-state index is 12.3. The lowest BCUT2D eigenvalue weighted by Gasteiger charge is -2.40. The number of nitrogens with zero attached hydrogens (tertiary/aromatic N) is 1. The van der Waals surface area contributed by atoms with Crippen LogP contribution in [-0.4, -0.2) is 48.0 Å². The van der Waals surface area contributed by atoms with Gasteiger partial charge in [0.15, 0.2) is 5.78 Å². The molecule has 1 saturated heterocycles. The molecule has 0 aromatic rings. The van der Waals surface area contributed by atoms with E-state index >= 15 is 0 Å². The fourth-order valence-corrected chi connectivity index (χ4v) is 2.28. The lowest BCUT2D eigenvalue weighted by Crippen LogP contribution is -2.56. The molecule has 1 atom stereocenters. The first-order valence-electron chi connectivity index (χ1n) is 7.17. The third-order valence-electron chi connectivity index (χ3n) is 3.20. The monoisotopic (exact) mass is 299 g/mol. The molecule has 0 saturated carbocycles. The minimum atomic E-state index is -0.943. The van der Waals surface area contributed by atoms with Gasteiger partial charge in [0.05, 0.1) is 6.61 Å². The summed E-state index contributed by atoms with van der Waals surface area (Å²) in [6.07, 6.45) is -0.516. The fourth-order valence-electron chi connectivity index (χ4n) is 2.28. The Morgan fingerprint density at radius 3 is 2.38 bits per heavy atom. The molecule has 0 bridgehead atoms. The van der Waals surface area contributed by atoms with Crippen molar-refractivity contribution in [2.75, 3.05) is 19.7 Å². The summed E-state index contributed by atoms with van der Waals surface area (Å²) < 4.78 is 10.3. The number of carbonyl (C=O) groups excluding carboxylic acids is 3. The fraction of sp³-hybridized carbons (Fsp3) is 0.800. The van der Waals surface area contributed by atoms with E-state index in [1.165, 1.54) is 4.90 Å². The summed E-state index contributed by atoms with van der Waals surface area (Å²) in [6, 6.07) is 0. The zero-order valence-corrected chi connectivity index (χ0v) is 13.7. The SMILES string of the molecule is CCOC(=O)[C@@H]1CN(C(=O)OC(C)(C)C)CC(C)(C)C1=O. The van der Waals surface area contributed by atoms with Gasteiger partial charge in [0.1, 0.15) is 11.5 Å². The van der Waals surface area contributed by atoms with E-state index in [4.69, 9.17) is 9.47 Å². The van der Waals surface area contributed by atoms with Crippen molar-refractivity contribution in [3.8, 4) is 0 Å². The number of Topliss-reactive ketones (excluding diaryl/α,β-unsaturated/α-hetero) is 1. The van der Waals surface area contributed by atoms with Gasteiger partial charge in [-0.2, -0.15) is 0 Å². The van der Waals surface area contributed by atoms with E-state index in [1.54, 1.807) is 41.5 Å². The van der Waals surface area contributed by atoms with Crippen LogP contribution in [-0.2, 0) is 19.1 Å². The van der Waals surface area contributed by atoms with Crippen molar-refractivity contribution in [2.45, 2.75) is 47.1 Å². The molecule has 1 heterocycles. The molecule has 1 aliphatic heterocycles. The van der Waals surface area contributed by atoms with Crippen LogP contribution in [0, 0.1) is 11.3 Å². The van der Waals surface area contributed by atoms with Crippen molar-refractivity contribution >= 4 is 17.8 Å². The summed E-state index contributed by atoms with van der Waals surface area (Å²) in [4.78, 5) is 37.9. The van der Waals surface area contributed by atoms with Crippen LogP contribution in [0.25, 0.3) is 0 Å². The number of esters is 1. The standard InChI is InChI=1S/C15H25NO5/c1-7-20-12(18)10-8-16(9-15(5,6)11(10)17)13(19)21-14(2,3)4/h10H,7-9H2,1-6H3/t10-/m1/s1. The Balaban J connectivity index is 2.92. The number of hydrogen-bond acceptors (Lipinski definition) is 5. The molecule has 1 aliphatic rings. The summed E-state index contributed by atoms with van der Waals surface area (Å²) in [7, 11) is 0. The molecule has 0 aromatic carbocycles. The van der Waals surface area contributed by atoms with E-state index in [9.17, 15) is 14.4 Å². The number of likely N-dealkylation sites (tertiary alicyclic amines) is 1. The lowest BCUT2D eigenvalue weighted by atomic mass is 9.77. The highest BCUT2D eigenvalue weighted by Gasteiger charge is 2.47. The quantitative estimate of drug-likeness (QED) is 0.576. The van der Waals surface area contributed by atoms with E-state index in [2.05, 4.69) is 0 Å². The van der Waals surface area contributed by atoms with Crippen LogP contribution in [0.15, 0.2) is 0 Å². The lowest BCUT2D eigenvalue weighted by molar-refractivity contribution is -0.157. The number of ketones is 1. The third kappa shape index (κ3) is 4.44. The molecule has 21 heavy (non-hydrogen) atoms. The van der Waals surface area contributed by atoms with Gasteiger partial charge in [-0.3, -0.25) is 9.59 Å². The van der Waals surface area contributed by atoms with Gasteiger partial charge in [-0.15, -0.1) is 0 Å². The molecule has 6 heteroatoms. The van der Waals surface area contributed by atoms with Crippen molar-refractivity contribution in [3.63, 3.8) is 0 Å². The Labute approximate surface area is 125 Å². The first-order chi connectivity index (χ1) is 9.48. The number of hydrogen-bond donors (Lipinski definition) is 0. The highest BCUT2D eigenvalue weighted by molar-refractivity contribution is 6.03.